The minimum atomic E-state index is -2.94. The number of fused-ring (bicyclic) bond motifs is 3. The standard InChI is InChI=1S/C22H22N2O8.C4H11NO3/c1-7-8-5-4-6-9(25)11(8)16(26)12-10(7)17(27)14-15(24(2)3)18(28)13(21(23)31)20(30)22(14,32)19(12)29;5-4(1-6,2-7)3-8/h4-6,10,14-15,17,25-27,30,32H,1H2,2-3H3,(H2,23,31);6-8H,1-3,5H2/t10-,14-,15+,17+,22+;/m1./s1. The number of ketones is 2. The van der Waals surface area contributed by atoms with Gasteiger partial charge in [0.1, 0.15) is 22.8 Å². The van der Waals surface area contributed by atoms with E-state index in [1.54, 1.807) is 0 Å². The summed E-state index contributed by atoms with van der Waals surface area (Å²) >= 11 is 0. The number of benzene rings is 1. The second kappa shape index (κ2) is 10.7. The molecule has 218 valence electrons. The lowest BCUT2D eigenvalue weighted by atomic mass is 9.55. The topological polar surface area (TPSA) is 268 Å². The van der Waals surface area contributed by atoms with Gasteiger partial charge < -0.3 is 52.3 Å². The molecule has 0 saturated heterocycles. The number of aliphatic hydroxyl groups excluding tert-OH is 6. The predicted molar refractivity (Wildman–Crippen MR) is 139 cm³/mol. The number of nitrogens with zero attached hydrogens (tertiary/aromatic N) is 1. The molecular weight excluding hydrogens is 530 g/mol. The van der Waals surface area contributed by atoms with E-state index >= 15 is 0 Å². The number of hydrogen-bond donors (Lipinski definition) is 10. The number of nitrogens with two attached hydrogens (primary N) is 2. The highest BCUT2D eigenvalue weighted by Crippen LogP contribution is 2.55. The maximum atomic E-state index is 13.6. The third kappa shape index (κ3) is 4.39. The van der Waals surface area contributed by atoms with Crippen LogP contribution in [0.3, 0.4) is 0 Å². The number of primary amides is 1. The van der Waals surface area contributed by atoms with Crippen LogP contribution in [0.15, 0.2) is 41.7 Å². The van der Waals surface area contributed by atoms with Crippen LogP contribution in [0.4, 0.5) is 0 Å². The van der Waals surface area contributed by atoms with E-state index in [1.165, 1.54) is 37.2 Å². The molecule has 0 unspecified atom stereocenters. The van der Waals surface area contributed by atoms with Gasteiger partial charge in [0, 0.05) is 5.92 Å². The Labute approximate surface area is 228 Å². The molecule has 12 N–H and O–H groups in total. The van der Waals surface area contributed by atoms with Crippen LogP contribution < -0.4 is 11.5 Å². The Morgan fingerprint density at radius 2 is 1.65 bits per heavy atom. The van der Waals surface area contributed by atoms with E-state index in [-0.39, 0.29) is 22.4 Å². The molecule has 1 saturated carbocycles. The summed E-state index contributed by atoms with van der Waals surface area (Å²) in [7, 11) is 2.88. The van der Waals surface area contributed by atoms with Gasteiger partial charge in [0.05, 0.1) is 54.6 Å². The monoisotopic (exact) mass is 563 g/mol. The molecule has 0 aliphatic heterocycles. The van der Waals surface area contributed by atoms with Gasteiger partial charge in [-0.3, -0.25) is 19.3 Å². The Kier molecular flexibility index (Phi) is 8.30. The summed E-state index contributed by atoms with van der Waals surface area (Å²) < 4.78 is 0. The van der Waals surface area contributed by atoms with Gasteiger partial charge in [-0.1, -0.05) is 18.7 Å². The van der Waals surface area contributed by atoms with Gasteiger partial charge in [-0.15, -0.1) is 0 Å². The average molecular weight is 564 g/mol. The molecule has 1 fully saturated rings. The van der Waals surface area contributed by atoms with Crippen molar-refractivity contribution in [2.75, 3.05) is 33.9 Å². The number of phenols is 1. The van der Waals surface area contributed by atoms with E-state index in [0.717, 1.165) is 0 Å². The number of aliphatic hydroxyl groups is 7. The zero-order valence-electron chi connectivity index (χ0n) is 21.8. The van der Waals surface area contributed by atoms with Gasteiger partial charge in [-0.25, -0.2) is 0 Å². The highest BCUT2D eigenvalue weighted by Gasteiger charge is 2.68. The molecule has 40 heavy (non-hydrogen) atoms. The lowest BCUT2D eigenvalue weighted by Gasteiger charge is -2.52. The molecule has 0 aromatic heterocycles. The maximum absolute atomic E-state index is 13.6. The molecule has 1 aromatic carbocycles. The Morgan fingerprint density at radius 3 is 2.10 bits per heavy atom. The third-order valence-corrected chi connectivity index (χ3v) is 7.55. The number of amides is 1. The summed E-state index contributed by atoms with van der Waals surface area (Å²) in [6.07, 6.45) is -1.69. The normalized spacial score (nSPS) is 28.1. The number of phenolic OH excluding ortho intramolecular Hbond substituents is 1. The summed E-state index contributed by atoms with van der Waals surface area (Å²) in [5.74, 6) is -8.78. The fourth-order valence-electron chi connectivity index (χ4n) is 5.36. The predicted octanol–water partition coefficient (Wildman–Crippen LogP) is -2.93. The smallest absolute Gasteiger partial charge is 0.255 e. The number of rotatable bonds is 5. The fraction of sp³-hybridized carbons (Fsp3) is 0.423. The Hall–Kier alpha value is -3.63. The molecule has 3 aliphatic carbocycles. The molecule has 5 atom stereocenters. The first-order chi connectivity index (χ1) is 18.5. The van der Waals surface area contributed by atoms with E-state index in [9.17, 15) is 39.9 Å². The SMILES string of the molecule is C=C1c2cccc(O)c2C(O)=C2C(=O)[C@]3(O)C(O)=C(C(N)=O)C(=O)[C@@H](N(C)C)[C@@H]3[C@@H](O)[C@H]12.NC(CO)(CO)CO. The Bertz CT molecular complexity index is 1320. The Balaban J connectivity index is 0.000000482. The molecule has 0 radical (unpaired) electrons. The summed E-state index contributed by atoms with van der Waals surface area (Å²) in [4.78, 5) is 39.8. The zero-order valence-corrected chi connectivity index (χ0v) is 21.8. The lowest BCUT2D eigenvalue weighted by Crippen LogP contribution is -2.70. The van der Waals surface area contributed by atoms with Gasteiger partial charge in [0.25, 0.3) is 5.91 Å². The zero-order chi connectivity index (χ0) is 30.5. The number of hydrogen-bond acceptors (Lipinski definition) is 13. The quantitative estimate of drug-likeness (QED) is 0.161. The van der Waals surface area contributed by atoms with E-state index in [0.29, 0.717) is 0 Å². The molecule has 1 amide bonds. The molecule has 4 rings (SSSR count). The van der Waals surface area contributed by atoms with Crippen molar-refractivity contribution in [2.24, 2.45) is 23.3 Å². The molecule has 3 aliphatic rings. The van der Waals surface area contributed by atoms with E-state index in [1.807, 2.05) is 0 Å². The first kappa shape index (κ1) is 30.9. The minimum absolute atomic E-state index is 0.124. The minimum Gasteiger partial charge on any atom is -0.508 e. The molecule has 14 heteroatoms. The van der Waals surface area contributed by atoms with Crippen LogP contribution in [-0.4, -0.2) is 120 Å². The first-order valence-corrected chi connectivity index (χ1v) is 12.0. The average Bonchev–Trinajstić information content (AvgIpc) is 2.90. The van der Waals surface area contributed by atoms with Crippen molar-refractivity contribution in [1.29, 1.82) is 0 Å². The first-order valence-electron chi connectivity index (χ1n) is 12.0. The summed E-state index contributed by atoms with van der Waals surface area (Å²) in [5.41, 5.74) is 5.10. The van der Waals surface area contributed by atoms with Crippen molar-refractivity contribution >= 4 is 28.8 Å². The molecule has 0 spiro atoms. The van der Waals surface area contributed by atoms with E-state index < -0.39 is 95.1 Å². The van der Waals surface area contributed by atoms with Crippen LogP contribution in [0.2, 0.25) is 0 Å². The van der Waals surface area contributed by atoms with Gasteiger partial charge in [-0.2, -0.15) is 0 Å². The second-order valence-corrected chi connectivity index (χ2v) is 10.3. The van der Waals surface area contributed by atoms with Gasteiger partial charge >= 0.3 is 0 Å². The van der Waals surface area contributed by atoms with Crippen molar-refractivity contribution in [1.82, 2.24) is 4.90 Å². The van der Waals surface area contributed by atoms with Crippen LogP contribution in [0, 0.1) is 11.8 Å². The molecular formula is C26H33N3O11. The fourth-order valence-corrected chi connectivity index (χ4v) is 5.36. The maximum Gasteiger partial charge on any atom is 0.255 e. The number of aromatic hydroxyl groups is 1. The van der Waals surface area contributed by atoms with E-state index in [2.05, 4.69) is 6.58 Å². The number of Topliss-reactive ketones (excluding diaryl/α,β-unsaturated/α-hetero) is 2. The Morgan fingerprint density at radius 1 is 1.10 bits per heavy atom. The van der Waals surface area contributed by atoms with Crippen LogP contribution in [0.5, 0.6) is 5.75 Å². The van der Waals surface area contributed by atoms with Crippen LogP contribution in [0.1, 0.15) is 11.1 Å². The van der Waals surface area contributed by atoms with Crippen molar-refractivity contribution in [3.63, 3.8) is 0 Å². The largest absolute Gasteiger partial charge is 0.508 e. The lowest BCUT2D eigenvalue weighted by molar-refractivity contribution is -0.166. The second-order valence-electron chi connectivity index (χ2n) is 10.3. The molecule has 14 nitrogen and oxygen atoms in total. The van der Waals surface area contributed by atoms with Gasteiger partial charge in [0.2, 0.25) is 5.78 Å². The van der Waals surface area contributed by atoms with Gasteiger partial charge in [-0.05, 0) is 31.3 Å². The summed E-state index contributed by atoms with van der Waals surface area (Å²) in [6, 6.07) is 2.89. The van der Waals surface area contributed by atoms with Crippen molar-refractivity contribution in [3.05, 3.63) is 52.8 Å². The molecule has 0 bridgehead atoms. The third-order valence-electron chi connectivity index (χ3n) is 7.55. The molecule has 0 heterocycles. The van der Waals surface area contributed by atoms with Crippen molar-refractivity contribution < 1.29 is 55.2 Å². The van der Waals surface area contributed by atoms with Crippen LogP contribution >= 0.6 is 0 Å². The number of carbonyl (C=O) groups excluding carboxylic acids is 3. The van der Waals surface area contributed by atoms with Crippen molar-refractivity contribution in [3.8, 4) is 5.75 Å². The van der Waals surface area contributed by atoms with E-state index in [4.69, 9.17) is 26.8 Å². The van der Waals surface area contributed by atoms with Crippen molar-refractivity contribution in [2.45, 2.75) is 23.3 Å². The highest BCUT2D eigenvalue weighted by atomic mass is 16.4. The highest BCUT2D eigenvalue weighted by molar-refractivity contribution is 6.25. The van der Waals surface area contributed by atoms with Gasteiger partial charge in [0.15, 0.2) is 11.4 Å². The van der Waals surface area contributed by atoms with Crippen LogP contribution in [-0.2, 0) is 14.4 Å². The number of likely N-dealkylation sites (N-methyl/N-ethyl adjacent to an activating group) is 1. The number of carbonyl (C=O) groups is 3. The molecule has 1 aromatic rings. The summed E-state index contributed by atoms with van der Waals surface area (Å²) in [5, 5.41) is 79.7. The summed E-state index contributed by atoms with van der Waals surface area (Å²) in [6.45, 7) is 2.71. The van der Waals surface area contributed by atoms with Crippen LogP contribution in [0.25, 0.3) is 11.3 Å².